The highest BCUT2D eigenvalue weighted by Crippen LogP contribution is 2.42. The molecule has 1 spiro atoms. The van der Waals surface area contributed by atoms with Crippen LogP contribution >= 0.6 is 0 Å². The van der Waals surface area contributed by atoms with Gasteiger partial charge in [-0.2, -0.15) is 5.26 Å². The number of nitrogens with two attached hydrogens (primary N) is 1. The molecule has 236 valence electrons. The number of fused-ring (bicyclic) bond motifs is 1. The summed E-state index contributed by atoms with van der Waals surface area (Å²) in [6, 6.07) is 18.4. The Hall–Kier alpha value is -4.99. The van der Waals surface area contributed by atoms with Crippen LogP contribution in [0.2, 0.25) is 0 Å². The van der Waals surface area contributed by atoms with Gasteiger partial charge in [0.2, 0.25) is 0 Å². The van der Waals surface area contributed by atoms with Gasteiger partial charge in [-0.15, -0.1) is 0 Å². The number of nitriles is 1. The number of rotatable bonds is 8. The molecule has 0 radical (unpaired) electrons. The molecular weight excluding hydrogens is 584 g/mol. The number of amides is 1. The van der Waals surface area contributed by atoms with Gasteiger partial charge in [-0.25, -0.2) is 14.8 Å². The van der Waals surface area contributed by atoms with Gasteiger partial charge in [0.05, 0.1) is 24.9 Å². The molecule has 3 aliphatic rings. The third-order valence-electron chi connectivity index (χ3n) is 9.37. The fourth-order valence-corrected chi connectivity index (χ4v) is 6.78. The molecule has 7 rings (SSSR count). The fraction of sp³-hybridized carbons (Fsp3) is 0.382. The SMILES string of the molecule is CC(C)(C=C(C#N)C(=O)N1CCC[C@H]1Cn1c(=O)n(-c2ccc(Oc3ccccc3)cc2)c2c(N)ncnc21)N1CC2(COC2)C1. The maximum absolute atomic E-state index is 14.0. The predicted molar refractivity (Wildman–Crippen MR) is 171 cm³/mol. The second-order valence-corrected chi connectivity index (χ2v) is 13.0. The second kappa shape index (κ2) is 11.4. The van der Waals surface area contributed by atoms with Crippen molar-refractivity contribution < 1.29 is 14.3 Å². The van der Waals surface area contributed by atoms with Crippen molar-refractivity contribution in [3.05, 3.63) is 83.1 Å². The molecule has 12 nitrogen and oxygen atoms in total. The van der Waals surface area contributed by atoms with Gasteiger partial charge in [0.15, 0.2) is 11.5 Å². The van der Waals surface area contributed by atoms with E-state index in [0.717, 1.165) is 32.7 Å². The first kappa shape index (κ1) is 29.7. The van der Waals surface area contributed by atoms with Crippen LogP contribution in [0.1, 0.15) is 26.7 Å². The topological polar surface area (TPSA) is 145 Å². The number of nitrogen functional groups attached to an aromatic ring is 1. The molecular formula is C34H36N8O4. The van der Waals surface area contributed by atoms with E-state index >= 15 is 0 Å². The molecule has 3 fully saturated rings. The summed E-state index contributed by atoms with van der Waals surface area (Å²) in [5.41, 5.74) is 7.19. The molecule has 2 N–H and O–H groups in total. The maximum atomic E-state index is 14.0. The summed E-state index contributed by atoms with van der Waals surface area (Å²) in [7, 11) is 0. The van der Waals surface area contributed by atoms with Gasteiger partial charge in [0.1, 0.15) is 35.0 Å². The molecule has 0 unspecified atom stereocenters. The number of benzene rings is 2. The molecule has 2 aromatic carbocycles. The highest BCUT2D eigenvalue weighted by Gasteiger charge is 2.52. The van der Waals surface area contributed by atoms with Crippen LogP contribution in [0.4, 0.5) is 5.82 Å². The van der Waals surface area contributed by atoms with Crippen LogP contribution in [0.5, 0.6) is 11.5 Å². The summed E-state index contributed by atoms with van der Waals surface area (Å²) in [6.45, 7) is 8.07. The van der Waals surface area contributed by atoms with Crippen LogP contribution in [0.25, 0.3) is 16.9 Å². The van der Waals surface area contributed by atoms with E-state index in [1.807, 2.05) is 44.2 Å². The third-order valence-corrected chi connectivity index (χ3v) is 9.37. The lowest BCUT2D eigenvalue weighted by molar-refractivity contribution is -0.204. The number of carbonyl (C=O) groups is 1. The number of aromatic nitrogens is 4. The van der Waals surface area contributed by atoms with Crippen molar-refractivity contribution >= 4 is 22.9 Å². The van der Waals surface area contributed by atoms with Crippen LogP contribution in [-0.4, -0.2) is 79.2 Å². The highest BCUT2D eigenvalue weighted by molar-refractivity contribution is 5.97. The number of nitrogens with zero attached hydrogens (tertiary/aromatic N) is 7. The van der Waals surface area contributed by atoms with Crippen LogP contribution in [0.15, 0.2) is 77.4 Å². The molecule has 3 saturated heterocycles. The minimum atomic E-state index is -0.461. The Morgan fingerprint density at radius 3 is 2.52 bits per heavy atom. The first-order valence-electron chi connectivity index (χ1n) is 15.5. The zero-order valence-corrected chi connectivity index (χ0v) is 25.9. The van der Waals surface area contributed by atoms with E-state index in [0.29, 0.717) is 41.3 Å². The van der Waals surface area contributed by atoms with Crippen LogP contribution in [0, 0.1) is 16.7 Å². The largest absolute Gasteiger partial charge is 0.457 e. The predicted octanol–water partition coefficient (Wildman–Crippen LogP) is 3.51. The number of ether oxygens (including phenoxy) is 2. The summed E-state index contributed by atoms with van der Waals surface area (Å²) < 4.78 is 14.4. The van der Waals surface area contributed by atoms with Crippen molar-refractivity contribution in [1.82, 2.24) is 28.9 Å². The van der Waals surface area contributed by atoms with Crippen molar-refractivity contribution in [3.8, 4) is 23.3 Å². The first-order chi connectivity index (χ1) is 22.2. The average molecular weight is 621 g/mol. The molecule has 0 saturated carbocycles. The van der Waals surface area contributed by atoms with Crippen LogP contribution in [0.3, 0.4) is 0 Å². The average Bonchev–Trinajstić information content (AvgIpc) is 3.58. The van der Waals surface area contributed by atoms with E-state index in [-0.39, 0.29) is 41.0 Å². The summed E-state index contributed by atoms with van der Waals surface area (Å²) >= 11 is 0. The zero-order valence-electron chi connectivity index (χ0n) is 25.9. The molecule has 12 heteroatoms. The van der Waals surface area contributed by atoms with Crippen molar-refractivity contribution in [2.24, 2.45) is 5.41 Å². The number of imidazole rings is 1. The molecule has 0 aliphatic carbocycles. The Morgan fingerprint density at radius 2 is 1.85 bits per heavy atom. The minimum absolute atomic E-state index is 0.113. The Kier molecular flexibility index (Phi) is 7.38. The summed E-state index contributed by atoms with van der Waals surface area (Å²) in [5, 5.41) is 10.1. The number of likely N-dealkylation sites (tertiary alicyclic amines) is 2. The molecule has 1 amide bonds. The molecule has 3 aliphatic heterocycles. The minimum Gasteiger partial charge on any atom is -0.457 e. The van der Waals surface area contributed by atoms with Gasteiger partial charge in [-0.3, -0.25) is 18.8 Å². The standard InChI is InChI=1S/C34H36N8O4/c1-33(2,39-18-34(19-39)20-45-21-34)15-23(16-35)31(43)40-14-6-7-25(40)17-41-30-28(29(36)37-22-38-30)42(32(41)44)24-10-12-27(13-11-24)46-26-8-4-3-5-9-26/h3-5,8-13,15,22,25H,6-7,14,17-21H2,1-2H3,(H2,36,37,38)/t25-/m0/s1. The Morgan fingerprint density at radius 1 is 1.13 bits per heavy atom. The van der Waals surface area contributed by atoms with Gasteiger partial charge in [0.25, 0.3) is 5.91 Å². The lowest BCUT2D eigenvalue weighted by atomic mass is 9.75. The van der Waals surface area contributed by atoms with E-state index in [1.54, 1.807) is 39.8 Å². The van der Waals surface area contributed by atoms with Gasteiger partial charge in [-0.05, 0) is 69.2 Å². The number of carbonyl (C=O) groups excluding carboxylic acids is 1. The Balaban J connectivity index is 1.15. The number of hydrogen-bond acceptors (Lipinski definition) is 9. The van der Waals surface area contributed by atoms with E-state index in [1.165, 1.54) is 10.9 Å². The van der Waals surface area contributed by atoms with Crippen molar-refractivity contribution in [1.29, 1.82) is 5.26 Å². The monoisotopic (exact) mass is 620 g/mol. The number of para-hydroxylation sites is 1. The quantitative estimate of drug-likeness (QED) is 0.231. The van der Waals surface area contributed by atoms with Crippen LogP contribution < -0.4 is 16.2 Å². The Labute approximate surface area is 266 Å². The first-order valence-corrected chi connectivity index (χ1v) is 15.5. The molecule has 1 atom stereocenters. The maximum Gasteiger partial charge on any atom is 0.335 e. The van der Waals surface area contributed by atoms with Crippen molar-refractivity contribution in [3.63, 3.8) is 0 Å². The molecule has 5 heterocycles. The zero-order chi connectivity index (χ0) is 32.1. The van der Waals surface area contributed by atoms with E-state index < -0.39 is 5.54 Å². The van der Waals surface area contributed by atoms with Crippen molar-refractivity contribution in [2.75, 3.05) is 38.6 Å². The number of hydrogen-bond donors (Lipinski definition) is 1. The number of anilines is 1. The van der Waals surface area contributed by atoms with Gasteiger partial charge in [0, 0.05) is 37.1 Å². The smallest absolute Gasteiger partial charge is 0.335 e. The fourth-order valence-electron chi connectivity index (χ4n) is 6.78. The highest BCUT2D eigenvalue weighted by atomic mass is 16.5. The van der Waals surface area contributed by atoms with E-state index in [2.05, 4.69) is 20.9 Å². The third kappa shape index (κ3) is 5.21. The lowest BCUT2D eigenvalue weighted by Crippen LogP contribution is -2.70. The molecule has 0 bridgehead atoms. The van der Waals surface area contributed by atoms with Gasteiger partial charge >= 0.3 is 5.69 Å². The summed E-state index contributed by atoms with van der Waals surface area (Å²) in [6.07, 6.45) is 4.57. The van der Waals surface area contributed by atoms with Crippen LogP contribution in [-0.2, 0) is 16.1 Å². The molecule has 46 heavy (non-hydrogen) atoms. The van der Waals surface area contributed by atoms with E-state index in [9.17, 15) is 14.9 Å². The molecule has 4 aromatic rings. The van der Waals surface area contributed by atoms with Crippen molar-refractivity contribution in [2.45, 2.75) is 44.8 Å². The lowest BCUT2D eigenvalue weighted by Gasteiger charge is -2.59. The normalized spacial score (nSPS) is 19.5. The summed E-state index contributed by atoms with van der Waals surface area (Å²) in [4.78, 5) is 40.5. The van der Waals surface area contributed by atoms with Gasteiger partial charge in [-0.1, -0.05) is 18.2 Å². The second-order valence-electron chi connectivity index (χ2n) is 13.0. The molecule has 2 aromatic heterocycles. The Bertz CT molecular complexity index is 1910. The van der Waals surface area contributed by atoms with E-state index in [4.69, 9.17) is 15.2 Å². The summed E-state index contributed by atoms with van der Waals surface area (Å²) in [5.74, 6) is 1.17. The van der Waals surface area contributed by atoms with Gasteiger partial charge < -0.3 is 20.1 Å².